The van der Waals surface area contributed by atoms with Crippen molar-refractivity contribution in [2.24, 2.45) is 0 Å². The predicted octanol–water partition coefficient (Wildman–Crippen LogP) is 3.26. The number of hydrogen-bond acceptors (Lipinski definition) is 1. The van der Waals surface area contributed by atoms with E-state index >= 15 is 0 Å². The number of rotatable bonds is 2. The molecule has 0 aliphatic carbocycles. The first-order valence-corrected chi connectivity index (χ1v) is 5.56. The molecular weight excluding hydrogens is 236 g/mol. The van der Waals surface area contributed by atoms with E-state index < -0.39 is 5.92 Å². The van der Waals surface area contributed by atoms with Crippen molar-refractivity contribution < 1.29 is 8.78 Å². The number of aryl methyl sites for hydroxylation is 1. The molecule has 2 nitrogen and oxygen atoms in total. The molecule has 4 heteroatoms. The minimum absolute atomic E-state index is 0.103. The molecule has 0 aliphatic rings. The Balaban J connectivity index is 2.58. The average molecular weight is 249 g/mol. The molecule has 2 rings (SSSR count). The van der Waals surface area contributed by atoms with Gasteiger partial charge in [-0.2, -0.15) is 0 Å². The molecule has 18 heavy (non-hydrogen) atoms. The highest BCUT2D eigenvalue weighted by Gasteiger charge is 2.24. The van der Waals surface area contributed by atoms with Gasteiger partial charge in [0.1, 0.15) is 0 Å². The minimum atomic E-state index is -2.91. The summed E-state index contributed by atoms with van der Waals surface area (Å²) >= 11 is 0. The van der Waals surface area contributed by atoms with Crippen LogP contribution in [0.15, 0.2) is 47.4 Å². The van der Waals surface area contributed by atoms with E-state index in [1.165, 1.54) is 28.8 Å². The van der Waals surface area contributed by atoms with E-state index in [0.29, 0.717) is 5.69 Å². The zero-order chi connectivity index (χ0) is 13.3. The second-order valence-corrected chi connectivity index (χ2v) is 4.35. The molecule has 0 bridgehead atoms. The van der Waals surface area contributed by atoms with E-state index in [1.54, 1.807) is 18.3 Å². The first-order chi connectivity index (χ1) is 8.38. The van der Waals surface area contributed by atoms with Gasteiger partial charge in [-0.25, -0.2) is 8.78 Å². The normalized spacial score (nSPS) is 11.6. The predicted molar refractivity (Wildman–Crippen MR) is 66.3 cm³/mol. The number of aromatic nitrogens is 1. The molecule has 0 atom stereocenters. The van der Waals surface area contributed by atoms with Gasteiger partial charge in [-0.05, 0) is 24.6 Å². The fourth-order valence-electron chi connectivity index (χ4n) is 1.72. The van der Waals surface area contributed by atoms with E-state index in [2.05, 4.69) is 0 Å². The first kappa shape index (κ1) is 12.5. The molecule has 0 aliphatic heterocycles. The summed E-state index contributed by atoms with van der Waals surface area (Å²) in [4.78, 5) is 11.7. The third-order valence-electron chi connectivity index (χ3n) is 2.69. The molecule has 94 valence electrons. The maximum Gasteiger partial charge on any atom is 0.270 e. The third-order valence-corrected chi connectivity index (χ3v) is 2.69. The van der Waals surface area contributed by atoms with E-state index in [1.807, 2.05) is 6.92 Å². The lowest BCUT2D eigenvalue weighted by Gasteiger charge is -2.13. The average Bonchev–Trinajstić information content (AvgIpc) is 2.31. The van der Waals surface area contributed by atoms with Crippen LogP contribution in [-0.2, 0) is 5.92 Å². The number of alkyl halides is 2. The van der Waals surface area contributed by atoms with Gasteiger partial charge < -0.3 is 0 Å². The van der Waals surface area contributed by atoms with Crippen LogP contribution >= 0.6 is 0 Å². The van der Waals surface area contributed by atoms with Crippen molar-refractivity contribution in [2.45, 2.75) is 19.8 Å². The Hall–Kier alpha value is -1.97. The van der Waals surface area contributed by atoms with Crippen LogP contribution in [0.25, 0.3) is 5.69 Å². The van der Waals surface area contributed by atoms with Gasteiger partial charge in [-0.1, -0.05) is 18.2 Å². The Labute approximate surface area is 104 Å². The topological polar surface area (TPSA) is 22.0 Å². The molecule has 1 aromatic carbocycles. The largest absolute Gasteiger partial charge is 0.284 e. The molecule has 0 fully saturated rings. The lowest BCUT2D eigenvalue weighted by Crippen LogP contribution is -2.17. The summed E-state index contributed by atoms with van der Waals surface area (Å²) < 4.78 is 27.9. The zero-order valence-corrected chi connectivity index (χ0v) is 10.2. The summed E-state index contributed by atoms with van der Waals surface area (Å²) in [5.74, 6) is -2.91. The number of halogens is 2. The quantitative estimate of drug-likeness (QED) is 0.800. The Morgan fingerprint density at radius 3 is 2.56 bits per heavy atom. The van der Waals surface area contributed by atoms with Crippen LogP contribution < -0.4 is 5.56 Å². The van der Waals surface area contributed by atoms with Crippen LogP contribution in [0.2, 0.25) is 0 Å². The maximum atomic E-state index is 13.2. The first-order valence-electron chi connectivity index (χ1n) is 5.56. The van der Waals surface area contributed by atoms with Gasteiger partial charge in [-0.15, -0.1) is 0 Å². The molecule has 1 heterocycles. The van der Waals surface area contributed by atoms with Crippen LogP contribution in [0, 0.1) is 6.92 Å². The third kappa shape index (κ3) is 2.47. The fraction of sp³-hybridized carbons (Fsp3) is 0.214. The Kier molecular flexibility index (Phi) is 3.03. The summed E-state index contributed by atoms with van der Waals surface area (Å²) in [6.07, 6.45) is 1.63. The van der Waals surface area contributed by atoms with Crippen molar-refractivity contribution in [1.82, 2.24) is 4.57 Å². The van der Waals surface area contributed by atoms with Crippen LogP contribution in [-0.4, -0.2) is 4.57 Å². The SMILES string of the molecule is Cc1ccc(=O)n(-c2cccc(C(C)(F)F)c2)c1. The van der Waals surface area contributed by atoms with Gasteiger partial charge in [-0.3, -0.25) is 9.36 Å². The van der Waals surface area contributed by atoms with E-state index in [0.717, 1.165) is 12.5 Å². The lowest BCUT2D eigenvalue weighted by molar-refractivity contribution is 0.0174. The van der Waals surface area contributed by atoms with E-state index in [4.69, 9.17) is 0 Å². The smallest absolute Gasteiger partial charge is 0.270 e. The highest BCUT2D eigenvalue weighted by atomic mass is 19.3. The summed E-state index contributed by atoms with van der Waals surface area (Å²) in [7, 11) is 0. The standard InChI is InChI=1S/C14H13F2NO/c1-10-6-7-13(18)17(9-10)12-5-3-4-11(8-12)14(2,15)16/h3-9H,1-2H3. The van der Waals surface area contributed by atoms with Gasteiger partial charge in [0.2, 0.25) is 0 Å². The Morgan fingerprint density at radius 1 is 1.17 bits per heavy atom. The van der Waals surface area contributed by atoms with Crippen LogP contribution in [0.4, 0.5) is 8.78 Å². The van der Waals surface area contributed by atoms with Gasteiger partial charge in [0.25, 0.3) is 11.5 Å². The molecule has 0 saturated heterocycles. The van der Waals surface area contributed by atoms with Crippen LogP contribution in [0.5, 0.6) is 0 Å². The second kappa shape index (κ2) is 4.37. The molecule has 0 radical (unpaired) electrons. The van der Waals surface area contributed by atoms with Crippen molar-refractivity contribution in [3.8, 4) is 5.69 Å². The number of benzene rings is 1. The monoisotopic (exact) mass is 249 g/mol. The molecule has 1 aromatic heterocycles. The van der Waals surface area contributed by atoms with E-state index in [-0.39, 0.29) is 11.1 Å². The van der Waals surface area contributed by atoms with Gasteiger partial charge in [0.05, 0.1) is 0 Å². The van der Waals surface area contributed by atoms with Crippen molar-refractivity contribution >= 4 is 0 Å². The second-order valence-electron chi connectivity index (χ2n) is 4.35. The maximum absolute atomic E-state index is 13.2. The highest BCUT2D eigenvalue weighted by molar-refractivity contribution is 5.38. The van der Waals surface area contributed by atoms with Crippen molar-refractivity contribution in [3.05, 3.63) is 64.1 Å². The molecular formula is C14H13F2NO. The molecule has 0 N–H and O–H groups in total. The van der Waals surface area contributed by atoms with Gasteiger partial charge in [0.15, 0.2) is 0 Å². The Morgan fingerprint density at radius 2 is 1.89 bits per heavy atom. The molecule has 0 spiro atoms. The molecule has 0 amide bonds. The number of nitrogens with zero attached hydrogens (tertiary/aromatic N) is 1. The minimum Gasteiger partial charge on any atom is -0.284 e. The highest BCUT2D eigenvalue weighted by Crippen LogP contribution is 2.27. The fourth-order valence-corrected chi connectivity index (χ4v) is 1.72. The van der Waals surface area contributed by atoms with Crippen LogP contribution in [0.1, 0.15) is 18.1 Å². The van der Waals surface area contributed by atoms with Gasteiger partial charge in [0, 0.05) is 30.4 Å². The summed E-state index contributed by atoms with van der Waals surface area (Å²) in [5, 5.41) is 0. The molecule has 2 aromatic rings. The van der Waals surface area contributed by atoms with Crippen LogP contribution in [0.3, 0.4) is 0 Å². The molecule has 0 saturated carbocycles. The van der Waals surface area contributed by atoms with Crippen molar-refractivity contribution in [3.63, 3.8) is 0 Å². The van der Waals surface area contributed by atoms with Gasteiger partial charge >= 0.3 is 0 Å². The summed E-state index contributed by atoms with van der Waals surface area (Å²) in [6, 6.07) is 8.96. The van der Waals surface area contributed by atoms with Crippen molar-refractivity contribution in [2.75, 3.05) is 0 Å². The Bertz CT molecular complexity index is 626. The summed E-state index contributed by atoms with van der Waals surface area (Å²) in [6.45, 7) is 2.68. The van der Waals surface area contributed by atoms with E-state index in [9.17, 15) is 13.6 Å². The van der Waals surface area contributed by atoms with Crippen molar-refractivity contribution in [1.29, 1.82) is 0 Å². The molecule has 0 unspecified atom stereocenters. The number of pyridine rings is 1. The zero-order valence-electron chi connectivity index (χ0n) is 10.2. The number of hydrogen-bond donors (Lipinski definition) is 0. The summed E-state index contributed by atoms with van der Waals surface area (Å²) in [5.41, 5.74) is 0.997. The lowest BCUT2D eigenvalue weighted by atomic mass is 10.1.